The number of nitrogens with one attached hydrogen (secondary N) is 1. The van der Waals surface area contributed by atoms with E-state index in [0.29, 0.717) is 42.6 Å². The molecule has 4 aliphatic rings. The third-order valence-electron chi connectivity index (χ3n) is 12.2. The summed E-state index contributed by atoms with van der Waals surface area (Å²) in [4.78, 5) is 45.1. The summed E-state index contributed by atoms with van der Waals surface area (Å²) in [5.74, 6) is 0.167. The number of nitrogens with zero attached hydrogens (tertiary/aromatic N) is 6. The molecule has 284 valence electrons. The highest BCUT2D eigenvalue weighted by atomic mass is 19.1. The van der Waals surface area contributed by atoms with Crippen molar-refractivity contribution in [3.63, 3.8) is 0 Å². The minimum atomic E-state index is -0.750. The second kappa shape index (κ2) is 14.3. The molecule has 0 bridgehead atoms. The lowest BCUT2D eigenvalue weighted by Crippen LogP contribution is -2.66. The topological polar surface area (TPSA) is 126 Å². The normalized spacial score (nSPS) is 18.3. The maximum Gasteiger partial charge on any atom is 0.255 e. The Morgan fingerprint density at radius 3 is 2.49 bits per heavy atom. The molecule has 0 radical (unpaired) electrons. The fraction of sp³-hybridized carbons (Fsp3) is 0.419. The average molecular weight is 744 g/mol. The van der Waals surface area contributed by atoms with Crippen LogP contribution in [0.25, 0.3) is 11.1 Å². The smallest absolute Gasteiger partial charge is 0.255 e. The van der Waals surface area contributed by atoms with Crippen molar-refractivity contribution in [1.82, 2.24) is 20.3 Å². The Labute approximate surface area is 320 Å². The number of hydrogen-bond acceptors (Lipinski definition) is 9. The first-order valence-electron chi connectivity index (χ1n) is 19.1. The zero-order valence-corrected chi connectivity index (χ0v) is 31.8. The summed E-state index contributed by atoms with van der Waals surface area (Å²) in [5.41, 5.74) is 8.47. The third kappa shape index (κ3) is 6.65. The Balaban J connectivity index is 0.941. The number of amides is 2. The number of halogens is 1. The molecule has 1 aliphatic carbocycles. The van der Waals surface area contributed by atoms with Gasteiger partial charge >= 0.3 is 0 Å². The number of rotatable bonds is 13. The molecule has 4 aromatic rings. The van der Waals surface area contributed by atoms with Crippen molar-refractivity contribution in [3.8, 4) is 17.2 Å². The molecule has 1 N–H and O–H groups in total. The van der Waals surface area contributed by atoms with Crippen molar-refractivity contribution in [2.45, 2.75) is 70.5 Å². The third-order valence-corrected chi connectivity index (χ3v) is 12.2. The predicted molar refractivity (Wildman–Crippen MR) is 207 cm³/mol. The van der Waals surface area contributed by atoms with Gasteiger partial charge in [-0.1, -0.05) is 29.4 Å². The van der Waals surface area contributed by atoms with Gasteiger partial charge in [-0.25, -0.2) is 4.39 Å². The second-order valence-electron chi connectivity index (χ2n) is 15.7. The van der Waals surface area contributed by atoms with E-state index in [1.807, 2.05) is 18.7 Å². The van der Waals surface area contributed by atoms with Gasteiger partial charge in [-0.2, -0.15) is 5.26 Å². The van der Waals surface area contributed by atoms with Crippen LogP contribution in [0.15, 0.2) is 59.1 Å². The van der Waals surface area contributed by atoms with E-state index in [1.54, 1.807) is 6.07 Å². The van der Waals surface area contributed by atoms with E-state index in [0.717, 1.165) is 77.6 Å². The maximum absolute atomic E-state index is 15.5. The zero-order valence-electron chi connectivity index (χ0n) is 31.8. The molecule has 1 saturated carbocycles. The van der Waals surface area contributed by atoms with E-state index in [9.17, 15) is 19.6 Å². The molecule has 3 aromatic carbocycles. The van der Waals surface area contributed by atoms with Gasteiger partial charge in [-0.3, -0.25) is 14.5 Å². The molecule has 4 heterocycles. The van der Waals surface area contributed by atoms with Crippen LogP contribution in [0.2, 0.25) is 0 Å². The molecule has 3 aliphatic heterocycles. The molecule has 8 rings (SSSR count). The molecule has 0 spiro atoms. The molecule has 1 atom stereocenters. The Hall–Kier alpha value is -5.54. The lowest BCUT2D eigenvalue weighted by atomic mass is 9.92. The fourth-order valence-corrected chi connectivity index (χ4v) is 8.57. The number of aromatic nitrogens is 1. The van der Waals surface area contributed by atoms with Gasteiger partial charge in [0.05, 0.1) is 28.9 Å². The number of benzene rings is 3. The van der Waals surface area contributed by atoms with E-state index in [-0.39, 0.29) is 42.2 Å². The van der Waals surface area contributed by atoms with Crippen LogP contribution >= 0.6 is 0 Å². The van der Waals surface area contributed by atoms with Gasteiger partial charge in [0.15, 0.2) is 0 Å². The summed E-state index contributed by atoms with van der Waals surface area (Å²) in [7, 11) is 1.53. The van der Waals surface area contributed by atoms with E-state index in [2.05, 4.69) is 75.7 Å². The first-order chi connectivity index (χ1) is 26.5. The highest BCUT2D eigenvalue weighted by Gasteiger charge is 2.45. The monoisotopic (exact) mass is 743 g/mol. The number of aldehydes is 1. The predicted octanol–water partition coefficient (Wildman–Crippen LogP) is 5.97. The molecule has 1 aromatic heterocycles. The standard InChI is InChI=1S/C43H46FN7O4/c1-26-5-6-30(41-27(2)47-55-28(41)3)15-38(26)50(33-9-7-32(8-10-33)43(25-45)13-14-43)20-29-18-48(19-29)35-22-49(23-35)39-16-31-21-51(42(54)36(31)17-37(39)44)34(24-52)11-12-40(53)46-4/h5-10,15-17,24,29,34-35H,11-14,18-23H2,1-4H3,(H,46,53). The number of carbonyl (C=O) groups is 3. The number of aryl methyl sites for hydroxylation is 3. The van der Waals surface area contributed by atoms with Crippen LogP contribution in [0.4, 0.5) is 21.5 Å². The summed E-state index contributed by atoms with van der Waals surface area (Å²) in [6, 6.07) is 20.2. The SMILES string of the molecule is CNC(=O)CCC(C=O)N1Cc2cc(N3CC(N4CC(CN(c5ccc(C6(C#N)CC6)cc5)c5cc(-c6c(C)noc6C)ccc5C)C4)C3)c(F)cc2C1=O. The number of anilines is 3. The summed E-state index contributed by atoms with van der Waals surface area (Å²) >= 11 is 0. The molecule has 1 unspecified atom stereocenters. The summed E-state index contributed by atoms with van der Waals surface area (Å²) in [5, 5.41) is 16.5. The van der Waals surface area contributed by atoms with Crippen LogP contribution < -0.4 is 15.1 Å². The van der Waals surface area contributed by atoms with Gasteiger partial charge in [-0.05, 0) is 92.6 Å². The largest absolute Gasteiger partial charge is 0.366 e. The highest BCUT2D eigenvalue weighted by Crippen LogP contribution is 2.48. The summed E-state index contributed by atoms with van der Waals surface area (Å²) in [6.07, 6.45) is 2.84. The Kier molecular flexibility index (Phi) is 9.45. The average Bonchev–Trinajstić information content (AvgIpc) is 3.80. The number of fused-ring (bicyclic) bond motifs is 1. The second-order valence-corrected chi connectivity index (χ2v) is 15.7. The first-order valence-corrected chi connectivity index (χ1v) is 19.1. The molecule has 2 saturated heterocycles. The van der Waals surface area contributed by atoms with Crippen molar-refractivity contribution in [2.24, 2.45) is 5.92 Å². The molecular weight excluding hydrogens is 698 g/mol. The van der Waals surface area contributed by atoms with Crippen LogP contribution in [0.1, 0.15) is 64.2 Å². The van der Waals surface area contributed by atoms with Crippen LogP contribution in [-0.2, 0) is 21.5 Å². The molecule has 55 heavy (non-hydrogen) atoms. The van der Waals surface area contributed by atoms with Crippen LogP contribution in [0.5, 0.6) is 0 Å². The minimum Gasteiger partial charge on any atom is -0.366 e. The zero-order chi connectivity index (χ0) is 38.6. The van der Waals surface area contributed by atoms with Crippen LogP contribution in [-0.4, -0.2) is 84.9 Å². The van der Waals surface area contributed by atoms with E-state index < -0.39 is 11.9 Å². The number of nitriles is 1. The van der Waals surface area contributed by atoms with Gasteiger partial charge in [0, 0.05) is 87.2 Å². The van der Waals surface area contributed by atoms with E-state index in [1.165, 1.54) is 18.0 Å². The number of likely N-dealkylation sites (tertiary alicyclic amines) is 1. The van der Waals surface area contributed by atoms with Gasteiger partial charge in [0.1, 0.15) is 17.9 Å². The highest BCUT2D eigenvalue weighted by molar-refractivity contribution is 6.00. The molecule has 12 heteroatoms. The van der Waals surface area contributed by atoms with Crippen LogP contribution in [0, 0.1) is 43.8 Å². The van der Waals surface area contributed by atoms with Crippen LogP contribution in [0.3, 0.4) is 0 Å². The van der Waals surface area contributed by atoms with Crippen molar-refractivity contribution >= 4 is 35.2 Å². The Bertz CT molecular complexity index is 2180. The lowest BCUT2D eigenvalue weighted by molar-refractivity contribution is -0.121. The Morgan fingerprint density at radius 2 is 1.85 bits per heavy atom. The van der Waals surface area contributed by atoms with E-state index >= 15 is 4.39 Å². The number of hydrogen-bond donors (Lipinski definition) is 1. The van der Waals surface area contributed by atoms with Crippen molar-refractivity contribution < 1.29 is 23.3 Å². The Morgan fingerprint density at radius 1 is 1.11 bits per heavy atom. The van der Waals surface area contributed by atoms with Gasteiger partial charge in [0.2, 0.25) is 5.91 Å². The van der Waals surface area contributed by atoms with Crippen molar-refractivity contribution in [3.05, 3.63) is 94.1 Å². The quantitative estimate of drug-likeness (QED) is 0.165. The number of carbonyl (C=O) groups excluding carboxylic acids is 3. The first kappa shape index (κ1) is 36.4. The van der Waals surface area contributed by atoms with Crippen molar-refractivity contribution in [2.75, 3.05) is 49.6 Å². The minimum absolute atomic E-state index is 0.123. The van der Waals surface area contributed by atoms with Gasteiger partial charge in [-0.15, -0.1) is 0 Å². The summed E-state index contributed by atoms with van der Waals surface area (Å²) < 4.78 is 21.0. The van der Waals surface area contributed by atoms with Gasteiger partial charge in [0.25, 0.3) is 5.91 Å². The lowest BCUT2D eigenvalue weighted by Gasteiger charge is -2.53. The summed E-state index contributed by atoms with van der Waals surface area (Å²) in [6.45, 7) is 10.3. The van der Waals surface area contributed by atoms with Crippen molar-refractivity contribution in [1.29, 1.82) is 5.26 Å². The van der Waals surface area contributed by atoms with Gasteiger partial charge < -0.3 is 29.3 Å². The molecular formula is C43H46FN7O4. The molecule has 11 nitrogen and oxygen atoms in total. The molecule has 2 amide bonds. The fourth-order valence-electron chi connectivity index (χ4n) is 8.57. The molecule has 3 fully saturated rings. The van der Waals surface area contributed by atoms with E-state index in [4.69, 9.17) is 4.52 Å². The maximum atomic E-state index is 15.5.